The SMILES string of the molecule is CCc1nn(C)c(COc2c(F)cccc2CNC)c1Cl. The lowest BCUT2D eigenvalue weighted by molar-refractivity contribution is 0.276. The molecule has 0 unspecified atom stereocenters. The molecule has 2 aromatic rings. The van der Waals surface area contributed by atoms with Gasteiger partial charge in [-0.2, -0.15) is 5.10 Å². The van der Waals surface area contributed by atoms with Gasteiger partial charge in [0.15, 0.2) is 11.6 Å². The van der Waals surface area contributed by atoms with Gasteiger partial charge in [0.25, 0.3) is 0 Å². The second-order valence-electron chi connectivity index (χ2n) is 4.73. The summed E-state index contributed by atoms with van der Waals surface area (Å²) in [6.07, 6.45) is 0.747. The van der Waals surface area contributed by atoms with Gasteiger partial charge in [-0.15, -0.1) is 0 Å². The molecule has 0 saturated heterocycles. The Bertz CT molecular complexity index is 628. The van der Waals surface area contributed by atoms with Crippen molar-refractivity contribution in [2.45, 2.75) is 26.5 Å². The number of ether oxygens (including phenoxy) is 1. The number of nitrogens with one attached hydrogen (secondary N) is 1. The average Bonchev–Trinajstić information content (AvgIpc) is 2.73. The molecule has 0 aliphatic carbocycles. The van der Waals surface area contributed by atoms with E-state index in [1.807, 2.05) is 13.0 Å². The molecule has 6 heteroatoms. The number of aromatic nitrogens is 2. The fourth-order valence-corrected chi connectivity index (χ4v) is 2.51. The van der Waals surface area contributed by atoms with Gasteiger partial charge in [-0.3, -0.25) is 4.68 Å². The lowest BCUT2D eigenvalue weighted by Gasteiger charge is -2.12. The highest BCUT2D eigenvalue weighted by Gasteiger charge is 2.15. The van der Waals surface area contributed by atoms with Crippen LogP contribution in [0.3, 0.4) is 0 Å². The zero-order chi connectivity index (χ0) is 15.4. The summed E-state index contributed by atoms with van der Waals surface area (Å²) in [5, 5.41) is 7.91. The normalized spacial score (nSPS) is 10.9. The molecule has 0 amide bonds. The van der Waals surface area contributed by atoms with Gasteiger partial charge in [0.2, 0.25) is 0 Å². The average molecular weight is 312 g/mol. The maximum absolute atomic E-state index is 13.9. The summed E-state index contributed by atoms with van der Waals surface area (Å²) in [4.78, 5) is 0. The van der Waals surface area contributed by atoms with E-state index in [4.69, 9.17) is 16.3 Å². The maximum Gasteiger partial charge on any atom is 0.165 e. The van der Waals surface area contributed by atoms with Crippen LogP contribution >= 0.6 is 11.6 Å². The Morgan fingerprint density at radius 2 is 2.19 bits per heavy atom. The Balaban J connectivity index is 2.22. The first-order valence-electron chi connectivity index (χ1n) is 6.83. The Morgan fingerprint density at radius 3 is 2.81 bits per heavy atom. The lowest BCUT2D eigenvalue weighted by atomic mass is 10.2. The third kappa shape index (κ3) is 3.36. The molecular weight excluding hydrogens is 293 g/mol. The van der Waals surface area contributed by atoms with Crippen LogP contribution in [0.2, 0.25) is 5.02 Å². The van der Waals surface area contributed by atoms with E-state index < -0.39 is 0 Å². The molecule has 21 heavy (non-hydrogen) atoms. The first-order valence-corrected chi connectivity index (χ1v) is 7.21. The summed E-state index contributed by atoms with van der Waals surface area (Å²) in [5.74, 6) is -0.126. The van der Waals surface area contributed by atoms with E-state index in [-0.39, 0.29) is 18.2 Å². The Labute approximate surface area is 128 Å². The fraction of sp³-hybridized carbons (Fsp3) is 0.400. The molecule has 1 aromatic heterocycles. The molecule has 0 atom stereocenters. The Kier molecular flexibility index (Phi) is 5.20. The quantitative estimate of drug-likeness (QED) is 0.891. The van der Waals surface area contributed by atoms with E-state index >= 15 is 0 Å². The summed E-state index contributed by atoms with van der Waals surface area (Å²) in [7, 11) is 3.61. The van der Waals surface area contributed by atoms with Crippen molar-refractivity contribution in [1.82, 2.24) is 15.1 Å². The predicted octanol–water partition coefficient (Wildman–Crippen LogP) is 3.07. The van der Waals surface area contributed by atoms with Crippen LogP contribution in [0, 0.1) is 5.82 Å². The molecule has 114 valence electrons. The zero-order valence-corrected chi connectivity index (χ0v) is 13.2. The minimum atomic E-state index is -0.378. The predicted molar refractivity (Wildman–Crippen MR) is 81.1 cm³/mol. The highest BCUT2D eigenvalue weighted by molar-refractivity contribution is 6.31. The Morgan fingerprint density at radius 1 is 1.43 bits per heavy atom. The second kappa shape index (κ2) is 6.91. The first kappa shape index (κ1) is 15.8. The third-order valence-corrected chi connectivity index (χ3v) is 3.71. The number of aryl methyl sites for hydroxylation is 2. The fourth-order valence-electron chi connectivity index (χ4n) is 2.16. The molecule has 0 aliphatic rings. The van der Waals surface area contributed by atoms with Crippen molar-refractivity contribution in [2.24, 2.45) is 7.05 Å². The van der Waals surface area contributed by atoms with Crippen molar-refractivity contribution in [3.8, 4) is 5.75 Å². The number of benzene rings is 1. The molecule has 0 fully saturated rings. The van der Waals surface area contributed by atoms with Crippen LogP contribution < -0.4 is 10.1 Å². The topological polar surface area (TPSA) is 39.1 Å². The lowest BCUT2D eigenvalue weighted by Crippen LogP contribution is -2.10. The summed E-state index contributed by atoms with van der Waals surface area (Å²) in [6.45, 7) is 2.70. The van der Waals surface area contributed by atoms with Gasteiger partial charge in [-0.25, -0.2) is 4.39 Å². The Hall–Kier alpha value is -1.59. The van der Waals surface area contributed by atoms with E-state index in [1.54, 1.807) is 24.8 Å². The number of nitrogens with zero attached hydrogens (tertiary/aromatic N) is 2. The summed E-state index contributed by atoms with van der Waals surface area (Å²) < 4.78 is 21.3. The molecule has 4 nitrogen and oxygen atoms in total. The smallest absolute Gasteiger partial charge is 0.165 e. The summed E-state index contributed by atoms with van der Waals surface area (Å²) in [5.41, 5.74) is 2.33. The van der Waals surface area contributed by atoms with Crippen molar-refractivity contribution >= 4 is 11.6 Å². The van der Waals surface area contributed by atoms with Crippen LogP contribution in [0.5, 0.6) is 5.75 Å². The van der Waals surface area contributed by atoms with Gasteiger partial charge < -0.3 is 10.1 Å². The molecule has 0 spiro atoms. The molecule has 1 aromatic carbocycles. The summed E-state index contributed by atoms with van der Waals surface area (Å²) >= 11 is 6.27. The molecular formula is C15H19ClFN3O. The third-order valence-electron chi connectivity index (χ3n) is 3.27. The van der Waals surface area contributed by atoms with E-state index in [1.165, 1.54) is 6.07 Å². The molecule has 1 heterocycles. The van der Waals surface area contributed by atoms with Crippen molar-refractivity contribution in [2.75, 3.05) is 7.05 Å². The molecule has 0 saturated carbocycles. The molecule has 0 radical (unpaired) electrons. The van der Waals surface area contributed by atoms with Crippen molar-refractivity contribution in [1.29, 1.82) is 0 Å². The number of halogens is 2. The van der Waals surface area contributed by atoms with Crippen LogP contribution in [0.1, 0.15) is 23.9 Å². The number of hydrogen-bond acceptors (Lipinski definition) is 3. The van der Waals surface area contributed by atoms with Crippen LogP contribution in [0.15, 0.2) is 18.2 Å². The van der Waals surface area contributed by atoms with Crippen LogP contribution in [0.4, 0.5) is 4.39 Å². The van der Waals surface area contributed by atoms with Gasteiger partial charge in [0.1, 0.15) is 6.61 Å². The minimum absolute atomic E-state index is 0.181. The molecule has 2 rings (SSSR count). The van der Waals surface area contributed by atoms with Crippen LogP contribution in [-0.2, 0) is 26.6 Å². The monoisotopic (exact) mass is 311 g/mol. The standard InChI is InChI=1S/C15H19ClFN3O/c1-4-12-14(16)13(20(3)19-12)9-21-15-10(8-18-2)6-5-7-11(15)17/h5-7,18H,4,8-9H2,1-3H3. The van der Waals surface area contributed by atoms with Gasteiger partial charge in [0, 0.05) is 19.2 Å². The number of hydrogen-bond donors (Lipinski definition) is 1. The van der Waals surface area contributed by atoms with Crippen molar-refractivity contribution < 1.29 is 9.13 Å². The zero-order valence-electron chi connectivity index (χ0n) is 12.4. The summed E-state index contributed by atoms with van der Waals surface area (Å²) in [6, 6.07) is 4.88. The van der Waals surface area contributed by atoms with Gasteiger partial charge in [-0.1, -0.05) is 30.7 Å². The van der Waals surface area contributed by atoms with Gasteiger partial charge >= 0.3 is 0 Å². The van der Waals surface area contributed by atoms with Gasteiger partial charge in [0.05, 0.1) is 16.4 Å². The van der Waals surface area contributed by atoms with E-state index in [0.717, 1.165) is 23.4 Å². The van der Waals surface area contributed by atoms with Gasteiger partial charge in [-0.05, 0) is 19.5 Å². The number of para-hydroxylation sites is 1. The van der Waals surface area contributed by atoms with E-state index in [2.05, 4.69) is 10.4 Å². The highest BCUT2D eigenvalue weighted by Crippen LogP contribution is 2.26. The van der Waals surface area contributed by atoms with Crippen molar-refractivity contribution in [3.05, 3.63) is 46.0 Å². The molecule has 0 bridgehead atoms. The van der Waals surface area contributed by atoms with Crippen molar-refractivity contribution in [3.63, 3.8) is 0 Å². The highest BCUT2D eigenvalue weighted by atomic mass is 35.5. The second-order valence-corrected chi connectivity index (χ2v) is 5.11. The largest absolute Gasteiger partial charge is 0.484 e. The molecule has 1 N–H and O–H groups in total. The van der Waals surface area contributed by atoms with Crippen LogP contribution in [-0.4, -0.2) is 16.8 Å². The maximum atomic E-state index is 13.9. The minimum Gasteiger partial charge on any atom is -0.484 e. The first-order chi connectivity index (χ1) is 10.1. The number of rotatable bonds is 6. The molecule has 0 aliphatic heterocycles. The van der Waals surface area contributed by atoms with Crippen LogP contribution in [0.25, 0.3) is 0 Å². The van der Waals surface area contributed by atoms with E-state index in [9.17, 15) is 4.39 Å². The van der Waals surface area contributed by atoms with E-state index in [0.29, 0.717) is 11.6 Å².